The number of nitrogens with zero attached hydrogens (tertiary/aromatic N) is 2. The lowest BCUT2D eigenvalue weighted by Gasteiger charge is -2.11. The Bertz CT molecular complexity index is 878. The number of hydrogen-bond acceptors (Lipinski definition) is 5. The van der Waals surface area contributed by atoms with E-state index in [9.17, 15) is 14.7 Å². The first kappa shape index (κ1) is 17.1. The number of benzene rings is 1. The van der Waals surface area contributed by atoms with Crippen LogP contribution in [0.25, 0.3) is 11.1 Å². The number of hydrogen-bond donors (Lipinski definition) is 3. The largest absolute Gasteiger partial charge is 0.505 e. The van der Waals surface area contributed by atoms with Crippen LogP contribution in [0.4, 0.5) is 0 Å². The van der Waals surface area contributed by atoms with Gasteiger partial charge in [0.2, 0.25) is 0 Å². The fourth-order valence-electron chi connectivity index (χ4n) is 2.02. The van der Waals surface area contributed by atoms with E-state index in [1.807, 2.05) is 6.07 Å². The molecule has 0 atom stereocenters. The zero-order chi connectivity index (χ0) is 17.9. The number of nitrogens with one attached hydrogen (secondary N) is 1. The molecule has 0 fully saturated rings. The molecule has 0 aliphatic heterocycles. The molecular weight excluding hydrogens is 308 g/mol. The molecule has 3 N–H and O–H groups in total. The van der Waals surface area contributed by atoms with Gasteiger partial charge in [-0.2, -0.15) is 5.26 Å². The number of carboxylic acids is 1. The van der Waals surface area contributed by atoms with Gasteiger partial charge < -0.3 is 15.5 Å². The van der Waals surface area contributed by atoms with Crippen LogP contribution in [-0.2, 0) is 4.79 Å². The Balaban J connectivity index is 2.41. The van der Waals surface area contributed by atoms with E-state index in [1.54, 1.807) is 0 Å². The summed E-state index contributed by atoms with van der Waals surface area (Å²) < 4.78 is 0. The Morgan fingerprint density at radius 2 is 2.00 bits per heavy atom. The zero-order valence-electron chi connectivity index (χ0n) is 12.3. The minimum atomic E-state index is -1.23. The first-order valence-corrected chi connectivity index (χ1v) is 6.62. The normalized spacial score (nSPS) is 9.96. The summed E-state index contributed by atoms with van der Waals surface area (Å²) in [6.07, 6.45) is 1.27. The quantitative estimate of drug-likeness (QED) is 0.604. The van der Waals surface area contributed by atoms with Crippen LogP contribution >= 0.6 is 0 Å². The molecular formula is C15H9B2N3O4. The molecule has 9 heteroatoms. The average molecular weight is 317 g/mol. The van der Waals surface area contributed by atoms with Gasteiger partial charge in [0.1, 0.15) is 28.0 Å². The van der Waals surface area contributed by atoms with E-state index in [4.69, 9.17) is 26.1 Å². The Labute approximate surface area is 139 Å². The molecule has 1 heterocycles. The van der Waals surface area contributed by atoms with Crippen molar-refractivity contribution in [3.05, 3.63) is 35.7 Å². The first-order chi connectivity index (χ1) is 11.3. The predicted molar refractivity (Wildman–Crippen MR) is 86.8 cm³/mol. The van der Waals surface area contributed by atoms with Gasteiger partial charge in [-0.05, 0) is 11.6 Å². The topological polar surface area (TPSA) is 123 Å². The Morgan fingerprint density at radius 1 is 1.29 bits per heavy atom. The summed E-state index contributed by atoms with van der Waals surface area (Å²) in [5.74, 6) is -2.52. The van der Waals surface area contributed by atoms with Crippen LogP contribution in [0.2, 0.25) is 0 Å². The van der Waals surface area contributed by atoms with E-state index in [2.05, 4.69) is 10.3 Å². The number of carboxylic acid groups (broad SMARTS) is 1. The van der Waals surface area contributed by atoms with Gasteiger partial charge in [0.15, 0.2) is 5.69 Å². The van der Waals surface area contributed by atoms with Gasteiger partial charge >= 0.3 is 5.97 Å². The summed E-state index contributed by atoms with van der Waals surface area (Å²) in [7, 11) is 11.6. The fourth-order valence-corrected chi connectivity index (χ4v) is 2.02. The number of nitriles is 1. The molecule has 24 heavy (non-hydrogen) atoms. The van der Waals surface area contributed by atoms with Gasteiger partial charge in [0, 0.05) is 17.3 Å². The second-order valence-corrected chi connectivity index (χ2v) is 4.81. The SMILES string of the molecule is [B]c1cc(C#N)c([B])c(-c2cnc(C(=O)NCC(=O)O)c(O)c2)c1. The third-order valence-electron chi connectivity index (χ3n) is 3.12. The summed E-state index contributed by atoms with van der Waals surface area (Å²) in [5.41, 5.74) is 1.04. The molecule has 0 unspecified atom stereocenters. The lowest BCUT2D eigenvalue weighted by atomic mass is 9.79. The van der Waals surface area contributed by atoms with Crippen LogP contribution in [0.1, 0.15) is 16.1 Å². The highest BCUT2D eigenvalue weighted by Gasteiger charge is 2.16. The minimum Gasteiger partial charge on any atom is -0.505 e. The first-order valence-electron chi connectivity index (χ1n) is 6.62. The average Bonchev–Trinajstić information content (AvgIpc) is 2.54. The molecule has 0 spiro atoms. The van der Waals surface area contributed by atoms with Crippen molar-refractivity contribution in [1.82, 2.24) is 10.3 Å². The van der Waals surface area contributed by atoms with Crippen molar-refractivity contribution in [3.8, 4) is 22.9 Å². The number of carbonyl (C=O) groups is 2. The highest BCUT2D eigenvalue weighted by atomic mass is 16.4. The number of aromatic nitrogens is 1. The maximum Gasteiger partial charge on any atom is 0.322 e. The van der Waals surface area contributed by atoms with Gasteiger partial charge in [-0.15, -0.1) is 0 Å². The van der Waals surface area contributed by atoms with Crippen LogP contribution in [0.5, 0.6) is 5.75 Å². The fraction of sp³-hybridized carbons (Fsp3) is 0.0667. The number of amides is 1. The number of carbonyl (C=O) groups excluding carboxylic acids is 1. The summed E-state index contributed by atoms with van der Waals surface area (Å²) in [6.45, 7) is -0.602. The predicted octanol–water partition coefficient (Wildman–Crippen LogP) is -1.27. The molecule has 114 valence electrons. The van der Waals surface area contributed by atoms with E-state index >= 15 is 0 Å². The summed E-state index contributed by atoms with van der Waals surface area (Å²) in [6, 6.07) is 6.07. The van der Waals surface area contributed by atoms with E-state index in [0.717, 1.165) is 0 Å². The lowest BCUT2D eigenvalue weighted by Crippen LogP contribution is -2.29. The highest BCUT2D eigenvalue weighted by molar-refractivity contribution is 6.40. The number of aliphatic carboxylic acids is 1. The van der Waals surface area contributed by atoms with Crippen LogP contribution in [0, 0.1) is 11.3 Å². The second-order valence-electron chi connectivity index (χ2n) is 4.81. The summed E-state index contributed by atoms with van der Waals surface area (Å²) in [5, 5.41) is 29.6. The van der Waals surface area contributed by atoms with Crippen molar-refractivity contribution in [2.45, 2.75) is 0 Å². The van der Waals surface area contributed by atoms with E-state index < -0.39 is 24.2 Å². The maximum absolute atomic E-state index is 11.8. The van der Waals surface area contributed by atoms with Crippen molar-refractivity contribution < 1.29 is 19.8 Å². The van der Waals surface area contributed by atoms with Crippen molar-refractivity contribution in [1.29, 1.82) is 5.26 Å². The number of pyridine rings is 1. The van der Waals surface area contributed by atoms with Gasteiger partial charge in [-0.3, -0.25) is 9.59 Å². The van der Waals surface area contributed by atoms with Gasteiger partial charge in [-0.25, -0.2) is 4.98 Å². The molecule has 1 amide bonds. The molecule has 0 saturated carbocycles. The van der Waals surface area contributed by atoms with E-state index in [1.165, 1.54) is 24.4 Å². The maximum atomic E-state index is 11.8. The highest BCUT2D eigenvalue weighted by Crippen LogP contribution is 2.23. The second kappa shape index (κ2) is 6.87. The van der Waals surface area contributed by atoms with Crippen LogP contribution in [0.3, 0.4) is 0 Å². The van der Waals surface area contributed by atoms with Crippen LogP contribution in [0.15, 0.2) is 24.4 Å². The number of aromatic hydroxyl groups is 1. The summed E-state index contributed by atoms with van der Waals surface area (Å²) >= 11 is 0. The van der Waals surface area contributed by atoms with Gasteiger partial charge in [-0.1, -0.05) is 23.1 Å². The molecule has 2 aromatic rings. The number of rotatable bonds is 4. The third kappa shape index (κ3) is 3.55. The Morgan fingerprint density at radius 3 is 2.58 bits per heavy atom. The van der Waals surface area contributed by atoms with Crippen molar-refractivity contribution in [2.75, 3.05) is 6.54 Å². The molecule has 0 bridgehead atoms. The van der Waals surface area contributed by atoms with Crippen LogP contribution < -0.4 is 16.2 Å². The molecule has 0 aliphatic carbocycles. The molecule has 1 aromatic carbocycles. The van der Waals surface area contributed by atoms with E-state index in [-0.39, 0.29) is 16.7 Å². The van der Waals surface area contributed by atoms with E-state index in [0.29, 0.717) is 16.6 Å². The van der Waals surface area contributed by atoms with Crippen molar-refractivity contribution >= 4 is 38.5 Å². The molecule has 4 radical (unpaired) electrons. The smallest absolute Gasteiger partial charge is 0.322 e. The lowest BCUT2D eigenvalue weighted by molar-refractivity contribution is -0.135. The molecule has 0 aliphatic rings. The van der Waals surface area contributed by atoms with Gasteiger partial charge in [0.05, 0.1) is 6.07 Å². The molecule has 1 aromatic heterocycles. The summed E-state index contributed by atoms with van der Waals surface area (Å²) in [4.78, 5) is 26.0. The minimum absolute atomic E-state index is 0.163. The van der Waals surface area contributed by atoms with Crippen LogP contribution in [-0.4, -0.2) is 49.3 Å². The molecule has 7 nitrogen and oxygen atoms in total. The molecule has 0 saturated heterocycles. The molecule has 2 rings (SSSR count). The van der Waals surface area contributed by atoms with Gasteiger partial charge in [0.25, 0.3) is 5.91 Å². The van der Waals surface area contributed by atoms with Crippen molar-refractivity contribution in [3.63, 3.8) is 0 Å². The standard InChI is InChI=1S/C15H9B2N3O4/c16-9-1-7(4-18)13(17)10(3-9)8-2-11(21)14(19-5-8)15(24)20-6-12(22)23/h1-3,5,21H,6H2,(H,20,24)(H,22,23). The Kier molecular flexibility index (Phi) is 4.90. The van der Waals surface area contributed by atoms with Crippen molar-refractivity contribution in [2.24, 2.45) is 0 Å². The zero-order valence-corrected chi connectivity index (χ0v) is 12.3. The monoisotopic (exact) mass is 317 g/mol. The Hall–Kier alpha value is -3.27. The third-order valence-corrected chi connectivity index (χ3v) is 3.12.